The maximum Gasteiger partial charge on any atom is 0.239 e. The van der Waals surface area contributed by atoms with Crippen LogP contribution in [0.2, 0.25) is 0 Å². The van der Waals surface area contributed by atoms with E-state index in [1.54, 1.807) is 24.3 Å². The Morgan fingerprint density at radius 2 is 1.88 bits per heavy atom. The molecule has 0 saturated heterocycles. The maximum absolute atomic E-state index is 13.5. The first kappa shape index (κ1) is 16.1. The maximum atomic E-state index is 13.5. The molecule has 0 spiro atoms. The molecule has 1 amide bonds. The summed E-state index contributed by atoms with van der Waals surface area (Å²) in [7, 11) is 0. The van der Waals surface area contributed by atoms with Crippen LogP contribution in [-0.2, 0) is 11.2 Å². The second kappa shape index (κ2) is 7.68. The number of halogens is 1. The molecular formula is C18H19FN2O3. The van der Waals surface area contributed by atoms with Crippen molar-refractivity contribution in [3.05, 3.63) is 53.8 Å². The Kier molecular flexibility index (Phi) is 5.15. The summed E-state index contributed by atoms with van der Waals surface area (Å²) in [5.74, 6) is 0.981. The van der Waals surface area contributed by atoms with Crippen LogP contribution in [0.3, 0.4) is 0 Å². The van der Waals surface area contributed by atoms with E-state index in [1.165, 1.54) is 6.07 Å². The summed E-state index contributed by atoms with van der Waals surface area (Å²) in [5, 5.41) is 5.80. The van der Waals surface area contributed by atoms with E-state index in [9.17, 15) is 9.18 Å². The van der Waals surface area contributed by atoms with Gasteiger partial charge in [0, 0.05) is 18.3 Å². The summed E-state index contributed by atoms with van der Waals surface area (Å²) < 4.78 is 24.4. The minimum absolute atomic E-state index is 0.136. The van der Waals surface area contributed by atoms with Gasteiger partial charge in [-0.3, -0.25) is 4.79 Å². The zero-order chi connectivity index (χ0) is 16.8. The minimum Gasteiger partial charge on any atom is -0.486 e. The standard InChI is InChI=1S/C18H19FN2O3/c19-15-4-2-1-3-13(15)7-8-20-18(22)12-21-14-5-6-16-17(11-14)24-10-9-23-16/h1-6,11,21H,7-10,12H2,(H,20,22). The first-order chi connectivity index (χ1) is 11.7. The number of rotatable bonds is 6. The second-order valence-corrected chi connectivity index (χ2v) is 5.40. The van der Waals surface area contributed by atoms with Gasteiger partial charge in [0.2, 0.25) is 5.91 Å². The number of carbonyl (C=O) groups is 1. The van der Waals surface area contributed by atoms with Crippen LogP contribution in [0, 0.1) is 5.82 Å². The van der Waals surface area contributed by atoms with Crippen LogP contribution in [0.25, 0.3) is 0 Å². The summed E-state index contributed by atoms with van der Waals surface area (Å²) >= 11 is 0. The van der Waals surface area contributed by atoms with Gasteiger partial charge in [-0.1, -0.05) is 18.2 Å². The SMILES string of the molecule is O=C(CNc1ccc2c(c1)OCCO2)NCCc1ccccc1F. The van der Waals surface area contributed by atoms with Gasteiger partial charge in [0.05, 0.1) is 6.54 Å². The summed E-state index contributed by atoms with van der Waals surface area (Å²) in [6.07, 6.45) is 0.461. The average molecular weight is 330 g/mol. The Morgan fingerprint density at radius 3 is 2.71 bits per heavy atom. The number of benzene rings is 2. The minimum atomic E-state index is -0.249. The molecule has 0 bridgehead atoms. The van der Waals surface area contributed by atoms with E-state index in [4.69, 9.17) is 9.47 Å². The fourth-order valence-electron chi connectivity index (χ4n) is 2.44. The molecule has 0 atom stereocenters. The number of hydrogen-bond acceptors (Lipinski definition) is 4. The van der Waals surface area contributed by atoms with Gasteiger partial charge < -0.3 is 20.1 Å². The normalized spacial score (nSPS) is 12.5. The van der Waals surface area contributed by atoms with Gasteiger partial charge in [-0.05, 0) is 30.2 Å². The molecule has 0 fully saturated rings. The average Bonchev–Trinajstić information content (AvgIpc) is 2.61. The number of carbonyl (C=O) groups excluding carboxylic acids is 1. The molecule has 2 N–H and O–H groups in total. The molecule has 0 aromatic heterocycles. The predicted molar refractivity (Wildman–Crippen MR) is 89.0 cm³/mol. The molecule has 3 rings (SSSR count). The molecule has 2 aromatic rings. The quantitative estimate of drug-likeness (QED) is 0.854. The number of fused-ring (bicyclic) bond motifs is 1. The van der Waals surface area contributed by atoms with Gasteiger partial charge in [0.15, 0.2) is 11.5 Å². The molecule has 5 nitrogen and oxygen atoms in total. The lowest BCUT2D eigenvalue weighted by Gasteiger charge is -2.19. The molecule has 0 aliphatic carbocycles. The van der Waals surface area contributed by atoms with Crippen molar-refractivity contribution in [2.75, 3.05) is 31.6 Å². The molecule has 1 aliphatic rings. The lowest BCUT2D eigenvalue weighted by atomic mass is 10.1. The van der Waals surface area contributed by atoms with E-state index in [0.29, 0.717) is 43.2 Å². The summed E-state index contributed by atoms with van der Waals surface area (Å²) in [4.78, 5) is 11.9. The highest BCUT2D eigenvalue weighted by Gasteiger charge is 2.12. The molecule has 0 saturated carbocycles. The molecule has 24 heavy (non-hydrogen) atoms. The number of amides is 1. The van der Waals surface area contributed by atoms with Crippen LogP contribution in [0.5, 0.6) is 11.5 Å². The van der Waals surface area contributed by atoms with Gasteiger partial charge in [-0.15, -0.1) is 0 Å². The number of ether oxygens (including phenoxy) is 2. The monoisotopic (exact) mass is 330 g/mol. The second-order valence-electron chi connectivity index (χ2n) is 5.40. The Bertz CT molecular complexity index is 721. The van der Waals surface area contributed by atoms with Crippen LogP contribution in [0.1, 0.15) is 5.56 Å². The Labute approximate surface area is 139 Å². The van der Waals surface area contributed by atoms with Crippen molar-refractivity contribution in [3.63, 3.8) is 0 Å². The largest absolute Gasteiger partial charge is 0.486 e. The smallest absolute Gasteiger partial charge is 0.239 e. The van der Waals surface area contributed by atoms with Gasteiger partial charge >= 0.3 is 0 Å². The Balaban J connectivity index is 1.43. The molecule has 0 unspecified atom stereocenters. The van der Waals surface area contributed by atoms with E-state index in [-0.39, 0.29) is 18.3 Å². The molecule has 0 radical (unpaired) electrons. The van der Waals surface area contributed by atoms with Gasteiger partial charge in [0.1, 0.15) is 19.0 Å². The van der Waals surface area contributed by atoms with Crippen LogP contribution >= 0.6 is 0 Å². The Morgan fingerprint density at radius 1 is 1.08 bits per heavy atom. The van der Waals surface area contributed by atoms with Crippen molar-refractivity contribution in [1.29, 1.82) is 0 Å². The third-order valence-electron chi connectivity index (χ3n) is 3.67. The number of anilines is 1. The highest BCUT2D eigenvalue weighted by atomic mass is 19.1. The molecule has 2 aromatic carbocycles. The summed E-state index contributed by atoms with van der Waals surface area (Å²) in [5.41, 5.74) is 1.38. The van der Waals surface area contributed by atoms with Crippen molar-refractivity contribution in [3.8, 4) is 11.5 Å². The fourth-order valence-corrected chi connectivity index (χ4v) is 2.44. The highest BCUT2D eigenvalue weighted by Crippen LogP contribution is 2.32. The van der Waals surface area contributed by atoms with Crippen molar-refractivity contribution in [2.24, 2.45) is 0 Å². The van der Waals surface area contributed by atoms with E-state index in [1.807, 2.05) is 12.1 Å². The van der Waals surface area contributed by atoms with Crippen molar-refractivity contribution in [2.45, 2.75) is 6.42 Å². The zero-order valence-corrected chi connectivity index (χ0v) is 13.2. The lowest BCUT2D eigenvalue weighted by Crippen LogP contribution is -2.31. The number of hydrogen-bond donors (Lipinski definition) is 2. The van der Waals surface area contributed by atoms with Crippen LogP contribution in [-0.4, -0.2) is 32.2 Å². The first-order valence-corrected chi connectivity index (χ1v) is 7.86. The van der Waals surface area contributed by atoms with E-state index < -0.39 is 0 Å². The molecular weight excluding hydrogens is 311 g/mol. The Hall–Kier alpha value is -2.76. The zero-order valence-electron chi connectivity index (χ0n) is 13.2. The molecule has 1 heterocycles. The first-order valence-electron chi connectivity index (χ1n) is 7.86. The van der Waals surface area contributed by atoms with Crippen molar-refractivity contribution in [1.82, 2.24) is 5.32 Å². The van der Waals surface area contributed by atoms with E-state index >= 15 is 0 Å². The topological polar surface area (TPSA) is 59.6 Å². The molecule has 1 aliphatic heterocycles. The molecule has 126 valence electrons. The third kappa shape index (κ3) is 4.16. The third-order valence-corrected chi connectivity index (χ3v) is 3.67. The van der Waals surface area contributed by atoms with Crippen molar-refractivity contribution < 1.29 is 18.7 Å². The van der Waals surface area contributed by atoms with Crippen LogP contribution in [0.15, 0.2) is 42.5 Å². The highest BCUT2D eigenvalue weighted by molar-refractivity contribution is 5.80. The van der Waals surface area contributed by atoms with Crippen LogP contribution < -0.4 is 20.1 Å². The van der Waals surface area contributed by atoms with Gasteiger partial charge in [-0.2, -0.15) is 0 Å². The fraction of sp³-hybridized carbons (Fsp3) is 0.278. The summed E-state index contributed by atoms with van der Waals surface area (Å²) in [6.45, 7) is 1.59. The predicted octanol–water partition coefficient (Wildman–Crippen LogP) is 2.37. The number of nitrogens with one attached hydrogen (secondary N) is 2. The summed E-state index contributed by atoms with van der Waals surface area (Å²) in [6, 6.07) is 12.0. The van der Waals surface area contributed by atoms with Crippen molar-refractivity contribution >= 4 is 11.6 Å². The van der Waals surface area contributed by atoms with Gasteiger partial charge in [-0.25, -0.2) is 4.39 Å². The van der Waals surface area contributed by atoms with Crippen LogP contribution in [0.4, 0.5) is 10.1 Å². The molecule has 6 heteroatoms. The lowest BCUT2D eigenvalue weighted by molar-refractivity contribution is -0.119. The van der Waals surface area contributed by atoms with Gasteiger partial charge in [0.25, 0.3) is 0 Å². The van der Waals surface area contributed by atoms with E-state index in [0.717, 1.165) is 5.69 Å². The van der Waals surface area contributed by atoms with E-state index in [2.05, 4.69) is 10.6 Å².